The summed E-state index contributed by atoms with van der Waals surface area (Å²) in [5.41, 5.74) is 1.75. The van der Waals surface area contributed by atoms with E-state index in [-0.39, 0.29) is 18.4 Å². The van der Waals surface area contributed by atoms with E-state index >= 15 is 0 Å². The number of rotatable bonds is 6. The van der Waals surface area contributed by atoms with Crippen molar-refractivity contribution in [1.29, 1.82) is 0 Å². The van der Waals surface area contributed by atoms with Crippen LogP contribution in [0.5, 0.6) is 0 Å². The first kappa shape index (κ1) is 16.5. The Labute approximate surface area is 126 Å². The summed E-state index contributed by atoms with van der Waals surface area (Å²) in [6, 6.07) is 5.33. The van der Waals surface area contributed by atoms with Gasteiger partial charge in [0.15, 0.2) is 0 Å². The van der Waals surface area contributed by atoms with Crippen LogP contribution in [-0.2, 0) is 4.79 Å². The zero-order chi connectivity index (χ0) is 15.1. The molecule has 1 rings (SSSR count). The number of anilines is 1. The van der Waals surface area contributed by atoms with Gasteiger partial charge in [-0.25, -0.2) is 4.79 Å². The summed E-state index contributed by atoms with van der Waals surface area (Å²) in [5.74, 6) is -0.692. The quantitative estimate of drug-likeness (QED) is 0.741. The van der Waals surface area contributed by atoms with Crippen molar-refractivity contribution in [3.05, 3.63) is 28.2 Å². The third-order valence-corrected chi connectivity index (χ3v) is 3.95. The molecule has 5 nitrogen and oxygen atoms in total. The van der Waals surface area contributed by atoms with E-state index in [1.165, 1.54) is 0 Å². The van der Waals surface area contributed by atoms with Gasteiger partial charge in [0.2, 0.25) is 0 Å². The van der Waals surface area contributed by atoms with E-state index in [1.807, 2.05) is 32.0 Å². The van der Waals surface area contributed by atoms with Gasteiger partial charge in [-0.3, -0.25) is 4.79 Å². The van der Waals surface area contributed by atoms with Crippen LogP contribution in [-0.4, -0.2) is 23.7 Å². The molecule has 1 unspecified atom stereocenters. The highest BCUT2D eigenvalue weighted by Crippen LogP contribution is 2.25. The third kappa shape index (κ3) is 5.61. The number of halogens is 1. The van der Waals surface area contributed by atoms with Crippen molar-refractivity contribution in [2.45, 2.75) is 26.7 Å². The Hall–Kier alpha value is -1.56. The smallest absolute Gasteiger partial charge is 0.319 e. The van der Waals surface area contributed by atoms with E-state index < -0.39 is 5.97 Å². The predicted octanol–water partition coefficient (Wildman–Crippen LogP) is 3.38. The number of aryl methyl sites for hydroxylation is 1. The molecule has 0 aliphatic heterocycles. The van der Waals surface area contributed by atoms with Gasteiger partial charge in [0.05, 0.1) is 5.69 Å². The normalized spacial score (nSPS) is 11.8. The van der Waals surface area contributed by atoms with Crippen molar-refractivity contribution < 1.29 is 14.7 Å². The molecule has 0 spiro atoms. The van der Waals surface area contributed by atoms with Crippen LogP contribution in [0.25, 0.3) is 0 Å². The highest BCUT2D eigenvalue weighted by atomic mass is 79.9. The number of hydrogen-bond acceptors (Lipinski definition) is 2. The Balaban J connectivity index is 2.40. The number of aliphatic carboxylic acids is 1. The summed E-state index contributed by atoms with van der Waals surface area (Å²) in [6.45, 7) is 4.30. The summed E-state index contributed by atoms with van der Waals surface area (Å²) in [7, 11) is 0. The van der Waals surface area contributed by atoms with Crippen LogP contribution in [0.1, 0.15) is 25.3 Å². The van der Waals surface area contributed by atoms with Crippen LogP contribution in [0.2, 0.25) is 0 Å². The predicted molar refractivity (Wildman–Crippen MR) is 81.9 cm³/mol. The fourth-order valence-corrected chi connectivity index (χ4v) is 2.01. The number of nitrogens with one attached hydrogen (secondary N) is 2. The van der Waals surface area contributed by atoms with Crippen LogP contribution >= 0.6 is 15.9 Å². The second-order valence-electron chi connectivity index (χ2n) is 4.81. The van der Waals surface area contributed by atoms with E-state index in [2.05, 4.69) is 26.6 Å². The molecule has 3 N–H and O–H groups in total. The number of hydrogen-bond donors (Lipinski definition) is 3. The van der Waals surface area contributed by atoms with E-state index in [4.69, 9.17) is 5.11 Å². The van der Waals surface area contributed by atoms with Crippen molar-refractivity contribution in [2.24, 2.45) is 5.92 Å². The Morgan fingerprint density at radius 1 is 1.40 bits per heavy atom. The average molecular weight is 343 g/mol. The molecule has 0 saturated heterocycles. The second-order valence-corrected chi connectivity index (χ2v) is 5.60. The molecule has 0 radical (unpaired) electrons. The molecule has 0 aromatic heterocycles. The van der Waals surface area contributed by atoms with Gasteiger partial charge in [-0.2, -0.15) is 0 Å². The molecule has 0 bridgehead atoms. The minimum absolute atomic E-state index is 0.119. The molecular weight excluding hydrogens is 324 g/mol. The maximum atomic E-state index is 11.8. The molecule has 0 aliphatic carbocycles. The highest BCUT2D eigenvalue weighted by molar-refractivity contribution is 9.10. The van der Waals surface area contributed by atoms with Crippen molar-refractivity contribution >= 4 is 33.6 Å². The maximum Gasteiger partial charge on any atom is 0.319 e. The molecule has 2 amide bonds. The summed E-state index contributed by atoms with van der Waals surface area (Å²) < 4.78 is 0.856. The van der Waals surface area contributed by atoms with Crippen LogP contribution < -0.4 is 10.6 Å². The maximum absolute atomic E-state index is 11.8. The Kier molecular flexibility index (Phi) is 6.51. The van der Waals surface area contributed by atoms with Gasteiger partial charge in [-0.15, -0.1) is 0 Å². The fourth-order valence-electron chi connectivity index (χ4n) is 1.65. The van der Waals surface area contributed by atoms with Crippen LogP contribution in [0.4, 0.5) is 10.5 Å². The largest absolute Gasteiger partial charge is 0.481 e. The first-order valence-corrected chi connectivity index (χ1v) is 7.21. The van der Waals surface area contributed by atoms with Gasteiger partial charge in [0.1, 0.15) is 0 Å². The summed E-state index contributed by atoms with van der Waals surface area (Å²) >= 11 is 3.42. The minimum atomic E-state index is -0.815. The molecule has 6 heteroatoms. The van der Waals surface area contributed by atoms with Gasteiger partial charge in [-0.1, -0.05) is 19.1 Å². The van der Waals surface area contributed by atoms with E-state index in [0.29, 0.717) is 18.7 Å². The SMILES string of the molecule is Cc1cccc(NC(=O)NCC(C)CCC(=O)O)c1Br. The lowest BCUT2D eigenvalue weighted by Crippen LogP contribution is -2.32. The minimum Gasteiger partial charge on any atom is -0.481 e. The zero-order valence-corrected chi connectivity index (χ0v) is 13.2. The zero-order valence-electron chi connectivity index (χ0n) is 11.6. The molecular formula is C14H19BrN2O3. The van der Waals surface area contributed by atoms with Crippen molar-refractivity contribution in [3.63, 3.8) is 0 Å². The number of urea groups is 1. The topological polar surface area (TPSA) is 78.4 Å². The van der Waals surface area contributed by atoms with Crippen LogP contribution in [0, 0.1) is 12.8 Å². The van der Waals surface area contributed by atoms with Crippen LogP contribution in [0.15, 0.2) is 22.7 Å². The fraction of sp³-hybridized carbons (Fsp3) is 0.429. The molecule has 0 saturated carbocycles. The number of carboxylic acids is 1. The third-order valence-electron chi connectivity index (χ3n) is 2.90. The van der Waals surface area contributed by atoms with E-state index in [9.17, 15) is 9.59 Å². The van der Waals surface area contributed by atoms with Crippen molar-refractivity contribution in [1.82, 2.24) is 5.32 Å². The molecule has 0 heterocycles. The number of carboxylic acid groups (broad SMARTS) is 1. The lowest BCUT2D eigenvalue weighted by Gasteiger charge is -2.13. The van der Waals surface area contributed by atoms with Gasteiger partial charge in [0, 0.05) is 17.4 Å². The number of carbonyl (C=O) groups excluding carboxylic acids is 1. The molecule has 0 aliphatic rings. The average Bonchev–Trinajstić information content (AvgIpc) is 2.39. The number of benzene rings is 1. The lowest BCUT2D eigenvalue weighted by molar-refractivity contribution is -0.137. The molecule has 20 heavy (non-hydrogen) atoms. The van der Waals surface area contributed by atoms with Crippen molar-refractivity contribution in [2.75, 3.05) is 11.9 Å². The van der Waals surface area contributed by atoms with E-state index in [0.717, 1.165) is 10.0 Å². The van der Waals surface area contributed by atoms with Crippen molar-refractivity contribution in [3.8, 4) is 0 Å². The summed E-state index contributed by atoms with van der Waals surface area (Å²) in [6.07, 6.45) is 0.664. The lowest BCUT2D eigenvalue weighted by atomic mass is 10.1. The van der Waals surface area contributed by atoms with Gasteiger partial charge in [-0.05, 0) is 46.8 Å². The number of carbonyl (C=O) groups is 2. The summed E-state index contributed by atoms with van der Waals surface area (Å²) in [5, 5.41) is 14.1. The molecule has 1 atom stereocenters. The Morgan fingerprint density at radius 2 is 2.10 bits per heavy atom. The molecule has 1 aromatic rings. The molecule has 0 fully saturated rings. The Morgan fingerprint density at radius 3 is 2.75 bits per heavy atom. The highest BCUT2D eigenvalue weighted by Gasteiger charge is 2.09. The molecule has 1 aromatic carbocycles. The first-order chi connectivity index (χ1) is 9.40. The number of amides is 2. The van der Waals surface area contributed by atoms with E-state index in [1.54, 1.807) is 0 Å². The summed E-state index contributed by atoms with van der Waals surface area (Å²) in [4.78, 5) is 22.2. The first-order valence-electron chi connectivity index (χ1n) is 6.42. The standard InChI is InChI=1S/C14H19BrN2O3/c1-9(6-7-12(18)19)8-16-14(20)17-11-5-3-4-10(2)13(11)15/h3-5,9H,6-8H2,1-2H3,(H,18,19)(H2,16,17,20). The van der Waals surface area contributed by atoms with Gasteiger partial charge >= 0.3 is 12.0 Å². The van der Waals surface area contributed by atoms with Gasteiger partial charge < -0.3 is 15.7 Å². The second kappa shape index (κ2) is 7.89. The van der Waals surface area contributed by atoms with Gasteiger partial charge in [0.25, 0.3) is 0 Å². The molecule has 110 valence electrons. The Bertz CT molecular complexity index is 491. The van der Waals surface area contributed by atoms with Crippen LogP contribution in [0.3, 0.4) is 0 Å². The monoisotopic (exact) mass is 342 g/mol.